The van der Waals surface area contributed by atoms with Crippen molar-refractivity contribution in [2.75, 3.05) is 18.0 Å². The van der Waals surface area contributed by atoms with Crippen LogP contribution in [0.25, 0.3) is 0 Å². The third-order valence-electron chi connectivity index (χ3n) is 2.86. The van der Waals surface area contributed by atoms with Crippen molar-refractivity contribution in [2.24, 2.45) is 5.73 Å². The highest BCUT2D eigenvalue weighted by molar-refractivity contribution is 5.95. The molecule has 18 heavy (non-hydrogen) atoms. The molecule has 1 heterocycles. The minimum absolute atomic E-state index is 0.0139. The van der Waals surface area contributed by atoms with Crippen LogP contribution >= 0.6 is 0 Å². The Morgan fingerprint density at radius 1 is 1.50 bits per heavy atom. The van der Waals surface area contributed by atoms with E-state index in [1.165, 1.54) is 6.92 Å². The first-order valence-corrected chi connectivity index (χ1v) is 5.82. The summed E-state index contributed by atoms with van der Waals surface area (Å²) in [6.45, 7) is 4.14. The van der Waals surface area contributed by atoms with Gasteiger partial charge in [0.15, 0.2) is 5.78 Å². The lowest BCUT2D eigenvalue weighted by Crippen LogP contribution is -2.43. The van der Waals surface area contributed by atoms with Gasteiger partial charge in [-0.05, 0) is 32.0 Å². The molecule has 1 atom stereocenters. The summed E-state index contributed by atoms with van der Waals surface area (Å²) in [4.78, 5) is 24.3. The molecule has 0 spiro atoms. The second-order valence-corrected chi connectivity index (χ2v) is 4.51. The summed E-state index contributed by atoms with van der Waals surface area (Å²) < 4.78 is 5.67. The van der Waals surface area contributed by atoms with Gasteiger partial charge in [0, 0.05) is 5.56 Å². The van der Waals surface area contributed by atoms with Crippen molar-refractivity contribution in [3.63, 3.8) is 0 Å². The van der Waals surface area contributed by atoms with Gasteiger partial charge in [-0.2, -0.15) is 0 Å². The van der Waals surface area contributed by atoms with E-state index in [1.54, 1.807) is 18.2 Å². The number of benzene rings is 1. The molecule has 2 rings (SSSR count). The van der Waals surface area contributed by atoms with Crippen LogP contribution in [-0.4, -0.2) is 30.9 Å². The van der Waals surface area contributed by atoms with E-state index in [9.17, 15) is 9.59 Å². The van der Waals surface area contributed by atoms with Crippen LogP contribution in [0, 0.1) is 0 Å². The molecule has 0 fully saturated rings. The Kier molecular flexibility index (Phi) is 3.23. The van der Waals surface area contributed by atoms with Gasteiger partial charge in [0.25, 0.3) is 0 Å². The third-order valence-corrected chi connectivity index (χ3v) is 2.86. The molecule has 1 unspecified atom stereocenters. The number of rotatable bonds is 3. The van der Waals surface area contributed by atoms with Gasteiger partial charge in [-0.25, -0.2) is 0 Å². The van der Waals surface area contributed by atoms with Gasteiger partial charge < -0.3 is 15.4 Å². The van der Waals surface area contributed by atoms with Crippen molar-refractivity contribution in [2.45, 2.75) is 20.0 Å². The standard InChI is InChI=1S/C13H16N2O3/c1-8-6-15(7-13(14)17)11-5-10(9(2)16)3-4-12(11)18-8/h3-5,8H,6-7H2,1-2H3,(H2,14,17). The molecule has 0 aromatic heterocycles. The molecule has 1 aromatic rings. The Balaban J connectivity index is 2.40. The van der Waals surface area contributed by atoms with Gasteiger partial charge in [0.05, 0.1) is 18.8 Å². The van der Waals surface area contributed by atoms with Gasteiger partial charge in [-0.1, -0.05) is 0 Å². The van der Waals surface area contributed by atoms with Crippen LogP contribution in [0.2, 0.25) is 0 Å². The number of anilines is 1. The van der Waals surface area contributed by atoms with Crippen molar-refractivity contribution in [1.29, 1.82) is 0 Å². The largest absolute Gasteiger partial charge is 0.487 e. The number of hydrogen-bond acceptors (Lipinski definition) is 4. The number of ether oxygens (including phenoxy) is 1. The van der Waals surface area contributed by atoms with E-state index >= 15 is 0 Å². The zero-order chi connectivity index (χ0) is 13.3. The highest BCUT2D eigenvalue weighted by atomic mass is 16.5. The molecule has 96 valence electrons. The Morgan fingerprint density at radius 3 is 2.83 bits per heavy atom. The minimum Gasteiger partial charge on any atom is -0.487 e. The molecule has 1 aromatic carbocycles. The molecule has 0 bridgehead atoms. The van der Waals surface area contributed by atoms with Crippen molar-refractivity contribution < 1.29 is 14.3 Å². The number of hydrogen-bond donors (Lipinski definition) is 1. The fourth-order valence-corrected chi connectivity index (χ4v) is 2.08. The molecule has 0 saturated heterocycles. The molecule has 0 aliphatic carbocycles. The smallest absolute Gasteiger partial charge is 0.236 e. The Bertz CT molecular complexity index is 499. The van der Waals surface area contributed by atoms with Crippen LogP contribution < -0.4 is 15.4 Å². The zero-order valence-electron chi connectivity index (χ0n) is 10.5. The van der Waals surface area contributed by atoms with E-state index in [0.29, 0.717) is 17.9 Å². The highest BCUT2D eigenvalue weighted by Gasteiger charge is 2.24. The third kappa shape index (κ3) is 2.45. The molecule has 1 aliphatic rings. The highest BCUT2D eigenvalue weighted by Crippen LogP contribution is 2.34. The first kappa shape index (κ1) is 12.4. The maximum atomic E-state index is 11.4. The first-order valence-electron chi connectivity index (χ1n) is 5.82. The Hall–Kier alpha value is -2.04. The van der Waals surface area contributed by atoms with Crippen LogP contribution in [-0.2, 0) is 4.79 Å². The molecule has 5 nitrogen and oxygen atoms in total. The fourth-order valence-electron chi connectivity index (χ4n) is 2.08. The molecule has 2 N–H and O–H groups in total. The summed E-state index contributed by atoms with van der Waals surface area (Å²) >= 11 is 0. The lowest BCUT2D eigenvalue weighted by Gasteiger charge is -2.34. The van der Waals surface area contributed by atoms with Crippen LogP contribution in [0.4, 0.5) is 5.69 Å². The average Bonchev–Trinajstić information content (AvgIpc) is 2.27. The van der Waals surface area contributed by atoms with Crippen molar-refractivity contribution in [1.82, 2.24) is 0 Å². The topological polar surface area (TPSA) is 72.6 Å². The van der Waals surface area contributed by atoms with E-state index in [-0.39, 0.29) is 18.4 Å². The first-order chi connectivity index (χ1) is 8.47. The van der Waals surface area contributed by atoms with E-state index in [2.05, 4.69) is 0 Å². The monoisotopic (exact) mass is 248 g/mol. The van der Waals surface area contributed by atoms with Crippen LogP contribution in [0.1, 0.15) is 24.2 Å². The lowest BCUT2D eigenvalue weighted by atomic mass is 10.1. The molecule has 5 heteroatoms. The van der Waals surface area contributed by atoms with Crippen LogP contribution in [0.3, 0.4) is 0 Å². The lowest BCUT2D eigenvalue weighted by molar-refractivity contribution is -0.116. The SMILES string of the molecule is CC(=O)c1ccc2c(c1)N(CC(N)=O)CC(C)O2. The minimum atomic E-state index is -0.400. The Labute approximate surface area is 106 Å². The molecule has 1 aliphatic heterocycles. The molecule has 0 saturated carbocycles. The predicted molar refractivity (Wildman–Crippen MR) is 67.9 cm³/mol. The van der Waals surface area contributed by atoms with Gasteiger partial charge in [-0.3, -0.25) is 9.59 Å². The van der Waals surface area contributed by atoms with Gasteiger partial charge in [0.2, 0.25) is 5.91 Å². The summed E-state index contributed by atoms with van der Waals surface area (Å²) in [6.07, 6.45) is -0.0139. The number of carbonyl (C=O) groups excluding carboxylic acids is 2. The van der Waals surface area contributed by atoms with Crippen molar-refractivity contribution >= 4 is 17.4 Å². The maximum absolute atomic E-state index is 11.4. The van der Waals surface area contributed by atoms with E-state index < -0.39 is 5.91 Å². The van der Waals surface area contributed by atoms with E-state index in [0.717, 1.165) is 5.69 Å². The summed E-state index contributed by atoms with van der Waals surface area (Å²) in [7, 11) is 0. The summed E-state index contributed by atoms with van der Waals surface area (Å²) in [6, 6.07) is 5.23. The number of nitrogens with two attached hydrogens (primary N) is 1. The van der Waals surface area contributed by atoms with Crippen molar-refractivity contribution in [3.05, 3.63) is 23.8 Å². The normalized spacial score (nSPS) is 17.9. The average molecular weight is 248 g/mol. The molecular weight excluding hydrogens is 232 g/mol. The quantitative estimate of drug-likeness (QED) is 0.809. The Morgan fingerprint density at radius 2 is 2.22 bits per heavy atom. The van der Waals surface area contributed by atoms with E-state index in [1.807, 2.05) is 11.8 Å². The van der Waals surface area contributed by atoms with Gasteiger partial charge >= 0.3 is 0 Å². The predicted octanol–water partition coefficient (Wildman–Crippen LogP) is 0.962. The molecule has 1 amide bonds. The number of amides is 1. The second kappa shape index (κ2) is 4.68. The van der Waals surface area contributed by atoms with Crippen molar-refractivity contribution in [3.8, 4) is 5.75 Å². The summed E-state index contributed by atoms with van der Waals surface area (Å²) in [5.74, 6) is 0.263. The summed E-state index contributed by atoms with van der Waals surface area (Å²) in [5.41, 5.74) is 6.58. The number of Topliss-reactive ketones (excluding diaryl/α,β-unsaturated/α-hetero) is 1. The second-order valence-electron chi connectivity index (χ2n) is 4.51. The maximum Gasteiger partial charge on any atom is 0.236 e. The van der Waals surface area contributed by atoms with E-state index in [4.69, 9.17) is 10.5 Å². The number of fused-ring (bicyclic) bond motifs is 1. The van der Waals surface area contributed by atoms with Crippen LogP contribution in [0.15, 0.2) is 18.2 Å². The van der Waals surface area contributed by atoms with Gasteiger partial charge in [0.1, 0.15) is 11.9 Å². The zero-order valence-corrected chi connectivity index (χ0v) is 10.5. The fraction of sp³-hybridized carbons (Fsp3) is 0.385. The molecule has 0 radical (unpaired) electrons. The number of nitrogens with zero attached hydrogens (tertiary/aromatic N) is 1. The van der Waals surface area contributed by atoms with Gasteiger partial charge in [-0.15, -0.1) is 0 Å². The van der Waals surface area contributed by atoms with Crippen LogP contribution in [0.5, 0.6) is 5.75 Å². The summed E-state index contributed by atoms with van der Waals surface area (Å²) in [5, 5.41) is 0. The number of carbonyl (C=O) groups is 2. The number of ketones is 1. The molecular formula is C13H16N2O3. The number of primary amides is 1.